The van der Waals surface area contributed by atoms with E-state index in [1.54, 1.807) is 23.1 Å². The highest BCUT2D eigenvalue weighted by Gasteiger charge is 2.35. The van der Waals surface area contributed by atoms with Crippen LogP contribution in [0.15, 0.2) is 62.6 Å². The molecule has 0 radical (unpaired) electrons. The summed E-state index contributed by atoms with van der Waals surface area (Å²) < 4.78 is 6.95. The van der Waals surface area contributed by atoms with Crippen LogP contribution in [0.5, 0.6) is 0 Å². The SMILES string of the molecule is CC(C)n1c(=O)c(=O)[nH]c2cc(-c3noc([C@H]4CC(=O)N(c5ccccc5)C4)n3)ccc21. The molecule has 0 unspecified atom stereocenters. The monoisotopic (exact) mass is 431 g/mol. The van der Waals surface area contributed by atoms with Gasteiger partial charge < -0.3 is 14.4 Å². The maximum Gasteiger partial charge on any atom is 0.316 e. The van der Waals surface area contributed by atoms with Crippen LogP contribution in [0.3, 0.4) is 0 Å². The Morgan fingerprint density at radius 1 is 1.09 bits per heavy atom. The quantitative estimate of drug-likeness (QED) is 0.497. The number of fused-ring (bicyclic) bond motifs is 1. The van der Waals surface area contributed by atoms with Crippen molar-refractivity contribution in [2.24, 2.45) is 0 Å². The van der Waals surface area contributed by atoms with E-state index >= 15 is 0 Å². The standard InChI is InChI=1S/C23H21N5O4/c1-13(2)28-18-9-8-14(10-17(18)24-21(30)23(28)31)20-25-22(32-26-20)15-11-19(29)27(12-15)16-6-4-3-5-7-16/h3-10,13,15H,11-12H2,1-2H3,(H,24,30)/t15-/m0/s1. The van der Waals surface area contributed by atoms with E-state index in [-0.39, 0.29) is 17.9 Å². The van der Waals surface area contributed by atoms with E-state index in [2.05, 4.69) is 15.1 Å². The number of benzene rings is 2. The van der Waals surface area contributed by atoms with Gasteiger partial charge in [-0.1, -0.05) is 23.4 Å². The summed E-state index contributed by atoms with van der Waals surface area (Å²) in [5.41, 5.74) is 1.35. The lowest BCUT2D eigenvalue weighted by Crippen LogP contribution is -2.37. The highest BCUT2D eigenvalue weighted by molar-refractivity contribution is 5.96. The number of carbonyl (C=O) groups excluding carboxylic acids is 1. The molecule has 3 heterocycles. The first-order chi connectivity index (χ1) is 15.4. The Bertz CT molecular complexity index is 1430. The van der Waals surface area contributed by atoms with Crippen LogP contribution in [0.4, 0.5) is 5.69 Å². The smallest absolute Gasteiger partial charge is 0.316 e. The van der Waals surface area contributed by atoms with Crippen LogP contribution in [0.25, 0.3) is 22.4 Å². The van der Waals surface area contributed by atoms with E-state index in [1.165, 1.54) is 4.57 Å². The van der Waals surface area contributed by atoms with E-state index in [4.69, 9.17) is 4.52 Å². The molecule has 1 atom stereocenters. The molecular formula is C23H21N5O4. The zero-order chi connectivity index (χ0) is 22.4. The fourth-order valence-corrected chi connectivity index (χ4v) is 4.14. The molecule has 0 bridgehead atoms. The molecule has 4 aromatic rings. The second-order valence-corrected chi connectivity index (χ2v) is 8.15. The molecule has 2 aromatic heterocycles. The third-order valence-corrected chi connectivity index (χ3v) is 5.68. The van der Waals surface area contributed by atoms with Crippen molar-refractivity contribution in [1.29, 1.82) is 0 Å². The van der Waals surface area contributed by atoms with E-state index in [0.29, 0.717) is 41.3 Å². The first-order valence-electron chi connectivity index (χ1n) is 10.4. The minimum Gasteiger partial charge on any atom is -0.339 e. The molecule has 1 aliphatic heterocycles. The molecule has 1 N–H and O–H groups in total. The van der Waals surface area contributed by atoms with Gasteiger partial charge in [0.15, 0.2) is 0 Å². The highest BCUT2D eigenvalue weighted by atomic mass is 16.5. The van der Waals surface area contributed by atoms with Crippen LogP contribution in [-0.2, 0) is 4.79 Å². The number of aromatic amines is 1. The summed E-state index contributed by atoms with van der Waals surface area (Å²) in [5, 5.41) is 4.08. The van der Waals surface area contributed by atoms with Gasteiger partial charge in [-0.05, 0) is 44.2 Å². The summed E-state index contributed by atoms with van der Waals surface area (Å²) in [5.74, 6) is 0.564. The lowest BCUT2D eigenvalue weighted by molar-refractivity contribution is -0.117. The Hall–Kier alpha value is -4.01. The predicted octanol–water partition coefficient (Wildman–Crippen LogP) is 2.84. The van der Waals surface area contributed by atoms with Crippen molar-refractivity contribution in [3.8, 4) is 11.4 Å². The number of anilines is 1. The van der Waals surface area contributed by atoms with E-state index in [9.17, 15) is 14.4 Å². The fraction of sp³-hybridized carbons (Fsp3) is 0.261. The first kappa shape index (κ1) is 19.9. The molecule has 162 valence electrons. The van der Waals surface area contributed by atoms with Crippen molar-refractivity contribution in [2.75, 3.05) is 11.4 Å². The summed E-state index contributed by atoms with van der Waals surface area (Å²) in [7, 11) is 0. The van der Waals surface area contributed by atoms with Gasteiger partial charge in [-0.3, -0.25) is 19.0 Å². The number of hydrogen-bond donors (Lipinski definition) is 1. The normalized spacial score (nSPS) is 16.4. The molecule has 1 fully saturated rings. The number of H-pyrrole nitrogens is 1. The summed E-state index contributed by atoms with van der Waals surface area (Å²) in [6, 6.07) is 14.6. The van der Waals surface area contributed by atoms with Gasteiger partial charge in [0, 0.05) is 30.3 Å². The van der Waals surface area contributed by atoms with Crippen molar-refractivity contribution in [3.05, 3.63) is 75.1 Å². The molecular weight excluding hydrogens is 410 g/mol. The highest BCUT2D eigenvalue weighted by Crippen LogP contribution is 2.32. The van der Waals surface area contributed by atoms with Crippen molar-refractivity contribution in [2.45, 2.75) is 32.2 Å². The van der Waals surface area contributed by atoms with Gasteiger partial charge in [-0.25, -0.2) is 0 Å². The Kier molecular flexibility index (Phi) is 4.73. The van der Waals surface area contributed by atoms with Gasteiger partial charge in [0.05, 0.1) is 17.0 Å². The van der Waals surface area contributed by atoms with Gasteiger partial charge in [-0.2, -0.15) is 4.98 Å². The van der Waals surface area contributed by atoms with Gasteiger partial charge >= 0.3 is 11.1 Å². The third-order valence-electron chi connectivity index (χ3n) is 5.68. The fourth-order valence-electron chi connectivity index (χ4n) is 4.14. The number of nitrogens with zero attached hydrogens (tertiary/aromatic N) is 4. The number of hydrogen-bond acceptors (Lipinski definition) is 6. The molecule has 32 heavy (non-hydrogen) atoms. The molecule has 2 aromatic carbocycles. The molecule has 9 heteroatoms. The predicted molar refractivity (Wildman–Crippen MR) is 119 cm³/mol. The maximum atomic E-state index is 12.5. The average Bonchev–Trinajstić information content (AvgIpc) is 3.42. The summed E-state index contributed by atoms with van der Waals surface area (Å²) in [6.45, 7) is 4.17. The zero-order valence-corrected chi connectivity index (χ0v) is 17.6. The molecule has 9 nitrogen and oxygen atoms in total. The van der Waals surface area contributed by atoms with Gasteiger partial charge in [0.2, 0.25) is 17.6 Å². The Morgan fingerprint density at radius 2 is 1.88 bits per heavy atom. The number of para-hydroxylation sites is 1. The van der Waals surface area contributed by atoms with E-state index in [1.807, 2.05) is 44.2 Å². The number of rotatable bonds is 4. The lowest BCUT2D eigenvalue weighted by Gasteiger charge is -2.15. The molecule has 5 rings (SSSR count). The zero-order valence-electron chi connectivity index (χ0n) is 17.6. The number of aromatic nitrogens is 4. The number of nitrogens with one attached hydrogen (secondary N) is 1. The second-order valence-electron chi connectivity index (χ2n) is 8.15. The lowest BCUT2D eigenvalue weighted by atomic mass is 10.1. The summed E-state index contributed by atoms with van der Waals surface area (Å²) in [6.07, 6.45) is 0.294. The molecule has 0 spiro atoms. The maximum absolute atomic E-state index is 12.5. The molecule has 1 saturated heterocycles. The first-order valence-corrected chi connectivity index (χ1v) is 10.4. The van der Waals surface area contributed by atoms with Crippen LogP contribution in [-0.4, -0.2) is 32.1 Å². The van der Waals surface area contributed by atoms with E-state index in [0.717, 1.165) is 5.69 Å². The van der Waals surface area contributed by atoms with Crippen LogP contribution >= 0.6 is 0 Å². The Labute approximate surface area is 182 Å². The van der Waals surface area contributed by atoms with Crippen molar-refractivity contribution < 1.29 is 9.32 Å². The third kappa shape index (κ3) is 3.31. The molecule has 1 amide bonds. The van der Waals surface area contributed by atoms with Gasteiger partial charge in [0.25, 0.3) is 0 Å². The number of amides is 1. The Balaban J connectivity index is 1.46. The van der Waals surface area contributed by atoms with Crippen molar-refractivity contribution >= 4 is 22.6 Å². The van der Waals surface area contributed by atoms with Crippen LogP contribution in [0, 0.1) is 0 Å². The summed E-state index contributed by atoms with van der Waals surface area (Å²) in [4.78, 5) is 45.7. The second kappa shape index (κ2) is 7.60. The molecule has 0 aliphatic carbocycles. The van der Waals surface area contributed by atoms with Crippen LogP contribution in [0.2, 0.25) is 0 Å². The minimum absolute atomic E-state index is 0.0101. The van der Waals surface area contributed by atoms with Gasteiger partial charge in [-0.15, -0.1) is 0 Å². The minimum atomic E-state index is -0.678. The Morgan fingerprint density at radius 3 is 2.62 bits per heavy atom. The van der Waals surface area contributed by atoms with Crippen LogP contribution in [0.1, 0.15) is 38.1 Å². The average molecular weight is 431 g/mol. The topological polar surface area (TPSA) is 114 Å². The number of carbonyl (C=O) groups is 1. The van der Waals surface area contributed by atoms with Gasteiger partial charge in [0.1, 0.15) is 0 Å². The molecule has 1 aliphatic rings. The van der Waals surface area contributed by atoms with E-state index < -0.39 is 11.1 Å². The molecule has 0 saturated carbocycles. The summed E-state index contributed by atoms with van der Waals surface area (Å²) >= 11 is 0. The van der Waals surface area contributed by atoms with Crippen LogP contribution < -0.4 is 16.0 Å². The van der Waals surface area contributed by atoms with Crippen molar-refractivity contribution in [3.63, 3.8) is 0 Å². The van der Waals surface area contributed by atoms with Crippen molar-refractivity contribution in [1.82, 2.24) is 19.7 Å². The largest absolute Gasteiger partial charge is 0.339 e.